The van der Waals surface area contributed by atoms with E-state index >= 15 is 0 Å². The lowest BCUT2D eigenvalue weighted by molar-refractivity contribution is -0.138. The molecule has 2 aromatic heterocycles. The van der Waals surface area contributed by atoms with Gasteiger partial charge in [-0.2, -0.15) is 18.3 Å². The number of halogens is 8. The van der Waals surface area contributed by atoms with Crippen LogP contribution in [0.5, 0.6) is 0 Å². The topological polar surface area (TPSA) is 103 Å². The highest BCUT2D eigenvalue weighted by molar-refractivity contribution is 8.45. The second-order valence-corrected chi connectivity index (χ2v) is 12.2. The number of carbonyl (C=O) groups is 1. The van der Waals surface area contributed by atoms with Crippen LogP contribution in [0.3, 0.4) is 0 Å². The fourth-order valence-electron chi connectivity index (χ4n) is 4.40. The van der Waals surface area contributed by atoms with Crippen molar-refractivity contribution in [1.82, 2.24) is 20.1 Å². The van der Waals surface area contributed by atoms with Gasteiger partial charge in [-0.25, -0.2) is 10.1 Å². The lowest BCUT2D eigenvalue weighted by Crippen LogP contribution is -2.49. The molecule has 2 aliphatic rings. The number of nitrogens with zero attached hydrogens (tertiary/aromatic N) is 4. The Bertz CT molecular complexity index is 1300. The van der Waals surface area contributed by atoms with Crippen molar-refractivity contribution in [3.8, 4) is 0 Å². The van der Waals surface area contributed by atoms with Crippen LogP contribution in [0, 0.1) is 11.8 Å². The summed E-state index contributed by atoms with van der Waals surface area (Å²) in [5.41, 5.74) is -3.23. The predicted molar refractivity (Wildman–Crippen MR) is 130 cm³/mol. The van der Waals surface area contributed by atoms with Gasteiger partial charge in [0.15, 0.2) is 0 Å². The van der Waals surface area contributed by atoms with Crippen LogP contribution in [0.15, 0.2) is 34.2 Å². The highest BCUT2D eigenvalue weighted by Crippen LogP contribution is 3.02. The van der Waals surface area contributed by atoms with Crippen LogP contribution < -0.4 is 15.8 Å². The van der Waals surface area contributed by atoms with Crippen molar-refractivity contribution in [2.45, 2.75) is 30.5 Å². The first-order chi connectivity index (χ1) is 18.3. The molecule has 1 aliphatic carbocycles. The van der Waals surface area contributed by atoms with E-state index in [0.29, 0.717) is 12.5 Å². The van der Waals surface area contributed by atoms with Crippen LogP contribution in [0.1, 0.15) is 18.9 Å². The Labute approximate surface area is 222 Å². The molecule has 9 nitrogen and oxygen atoms in total. The number of aromatic amines is 1. The van der Waals surface area contributed by atoms with Crippen LogP contribution in [-0.4, -0.2) is 71.4 Å². The molecular formula is C22H26F8N6O3S. The Hall–Kier alpha value is -3.15. The fourth-order valence-corrected chi connectivity index (χ4v) is 4.98. The number of hydrogen-bond donors (Lipinski definition) is 2. The van der Waals surface area contributed by atoms with Crippen molar-refractivity contribution in [2.24, 2.45) is 11.8 Å². The highest BCUT2D eigenvalue weighted by atomic mass is 32.5. The Morgan fingerprint density at radius 1 is 1.15 bits per heavy atom. The fraction of sp³-hybridized carbons (Fsp3) is 0.545. The molecule has 0 aromatic carbocycles. The summed E-state index contributed by atoms with van der Waals surface area (Å²) in [5, 5.41) is 7.70. The van der Waals surface area contributed by atoms with Gasteiger partial charge in [-0.3, -0.25) is 9.59 Å². The van der Waals surface area contributed by atoms with Gasteiger partial charge in [-0.05, 0) is 31.4 Å². The molecule has 2 fully saturated rings. The number of alkyl halides is 3. The van der Waals surface area contributed by atoms with E-state index in [0.717, 1.165) is 12.3 Å². The summed E-state index contributed by atoms with van der Waals surface area (Å²) in [6, 6.07) is 0.584. The number of piperazine rings is 1. The number of H-pyrrole nitrogens is 1. The minimum atomic E-state index is -9.80. The SMILES string of the molecule is C[C@@H](COCC1CC1C(=O)N1CCN(c2ccc(S(F)(F)(F)(F)F)cn2)CC1)Nc1cn[nH]c(=O)c1C(F)(F)F. The summed E-state index contributed by atoms with van der Waals surface area (Å²) >= 11 is 0. The molecule has 3 atom stereocenters. The van der Waals surface area contributed by atoms with Crippen LogP contribution in [-0.2, 0) is 15.7 Å². The van der Waals surface area contributed by atoms with E-state index in [1.165, 1.54) is 0 Å². The molecule has 4 rings (SSSR count). The van der Waals surface area contributed by atoms with Gasteiger partial charge in [-0.15, -0.1) is 0 Å². The first-order valence-electron chi connectivity index (χ1n) is 12.1. The lowest BCUT2D eigenvalue weighted by Gasteiger charge is -2.40. The molecule has 1 amide bonds. The second kappa shape index (κ2) is 9.74. The van der Waals surface area contributed by atoms with Gasteiger partial charge in [-0.1, -0.05) is 19.4 Å². The Kier molecular flexibility index (Phi) is 7.26. The maximum atomic E-state index is 13.2. The van der Waals surface area contributed by atoms with Gasteiger partial charge < -0.3 is 19.9 Å². The molecule has 0 bridgehead atoms. The molecular weight excluding hydrogens is 580 g/mol. The zero-order valence-corrected chi connectivity index (χ0v) is 21.8. The highest BCUT2D eigenvalue weighted by Gasteiger charge is 2.65. The summed E-state index contributed by atoms with van der Waals surface area (Å²) < 4.78 is 109. The largest absolute Gasteiger partial charge is 0.423 e. The van der Waals surface area contributed by atoms with Crippen molar-refractivity contribution in [1.29, 1.82) is 0 Å². The molecule has 3 heterocycles. The Balaban J connectivity index is 1.20. The average molecular weight is 607 g/mol. The van der Waals surface area contributed by atoms with Crippen LogP contribution in [0.4, 0.5) is 44.1 Å². The van der Waals surface area contributed by atoms with Gasteiger partial charge in [0.05, 0.1) is 31.3 Å². The molecule has 1 aliphatic heterocycles. The summed E-state index contributed by atoms with van der Waals surface area (Å²) in [6.45, 7) is 2.81. The van der Waals surface area contributed by atoms with Crippen molar-refractivity contribution in [2.75, 3.05) is 49.6 Å². The van der Waals surface area contributed by atoms with E-state index in [-0.39, 0.29) is 69.2 Å². The molecule has 18 heteroatoms. The van der Waals surface area contributed by atoms with Gasteiger partial charge in [0.2, 0.25) is 5.91 Å². The maximum Gasteiger partial charge on any atom is 0.423 e. The number of ether oxygens (including phenoxy) is 1. The predicted octanol–water partition coefficient (Wildman–Crippen LogP) is 4.64. The van der Waals surface area contributed by atoms with Gasteiger partial charge in [0.1, 0.15) is 16.3 Å². The van der Waals surface area contributed by atoms with Crippen molar-refractivity contribution in [3.63, 3.8) is 0 Å². The molecule has 1 saturated carbocycles. The average Bonchev–Trinajstić information content (AvgIpc) is 3.61. The minimum absolute atomic E-state index is 0.00792. The number of pyridine rings is 1. The van der Waals surface area contributed by atoms with E-state index in [2.05, 4.69) is 15.4 Å². The molecule has 40 heavy (non-hydrogen) atoms. The zero-order chi connectivity index (χ0) is 29.6. The van der Waals surface area contributed by atoms with E-state index in [1.807, 2.05) is 0 Å². The quantitative estimate of drug-likeness (QED) is 0.401. The molecule has 2 N–H and O–H groups in total. The Morgan fingerprint density at radius 3 is 2.40 bits per heavy atom. The zero-order valence-electron chi connectivity index (χ0n) is 20.9. The number of anilines is 2. The standard InChI is InChI=1S/C22H26F8N6O3S/c1-13(33-17-10-32-34-20(37)19(17)22(23,24)25)11-39-12-14-8-16(14)21(38)36-6-4-35(5-7-36)18-3-2-15(9-31-18)40(26,27,28,29)30/h2-3,9-10,13-14,16H,4-8,11-12H2,1H3,(H2,33,34,37)/t13-,14?,16?/m0/s1. The van der Waals surface area contributed by atoms with E-state index in [9.17, 15) is 42.2 Å². The lowest BCUT2D eigenvalue weighted by atomic mass is 10.2. The monoisotopic (exact) mass is 606 g/mol. The third-order valence-corrected chi connectivity index (χ3v) is 7.69. The molecule has 2 unspecified atom stereocenters. The van der Waals surface area contributed by atoms with Gasteiger partial charge in [0.25, 0.3) is 5.56 Å². The summed E-state index contributed by atoms with van der Waals surface area (Å²) in [6.07, 6.45) is -3.33. The van der Waals surface area contributed by atoms with E-state index < -0.39 is 44.1 Å². The Morgan fingerprint density at radius 2 is 1.82 bits per heavy atom. The van der Waals surface area contributed by atoms with Gasteiger partial charge in [0, 0.05) is 38.1 Å². The second-order valence-electron chi connectivity index (χ2n) is 9.80. The van der Waals surface area contributed by atoms with E-state index in [1.54, 1.807) is 21.8 Å². The number of aromatic nitrogens is 3. The molecule has 224 valence electrons. The van der Waals surface area contributed by atoms with Crippen LogP contribution in [0.2, 0.25) is 0 Å². The first-order valence-corrected chi connectivity index (χ1v) is 14.0. The molecule has 0 radical (unpaired) electrons. The molecule has 0 spiro atoms. The number of nitrogens with one attached hydrogen (secondary N) is 2. The summed E-state index contributed by atoms with van der Waals surface area (Å²) in [7, 11) is -9.80. The number of hydrogen-bond acceptors (Lipinski definition) is 7. The summed E-state index contributed by atoms with van der Waals surface area (Å²) in [4.78, 5) is 29.0. The van der Waals surface area contributed by atoms with Crippen LogP contribution >= 0.6 is 10.2 Å². The van der Waals surface area contributed by atoms with Crippen molar-refractivity contribution >= 4 is 27.6 Å². The normalized spacial score (nSPS) is 22.3. The third-order valence-electron chi connectivity index (χ3n) is 6.56. The van der Waals surface area contributed by atoms with E-state index in [4.69, 9.17) is 4.74 Å². The minimum Gasteiger partial charge on any atom is -0.379 e. The summed E-state index contributed by atoms with van der Waals surface area (Å²) in [5.74, 6) is -0.395. The molecule has 1 saturated heterocycles. The van der Waals surface area contributed by atoms with Crippen LogP contribution in [0.25, 0.3) is 0 Å². The maximum absolute atomic E-state index is 13.2. The number of amides is 1. The molecule has 2 aromatic rings. The smallest absolute Gasteiger partial charge is 0.379 e. The van der Waals surface area contributed by atoms with Crippen molar-refractivity contribution < 1.29 is 42.1 Å². The first kappa shape index (κ1) is 29.8. The third kappa shape index (κ3) is 7.13. The van der Waals surface area contributed by atoms with Crippen molar-refractivity contribution in [3.05, 3.63) is 40.4 Å². The number of rotatable bonds is 9. The number of carbonyl (C=O) groups excluding carboxylic acids is 1. The van der Waals surface area contributed by atoms with Gasteiger partial charge >= 0.3 is 16.4 Å².